The Morgan fingerprint density at radius 1 is 1.50 bits per heavy atom. The van der Waals surface area contributed by atoms with Crippen LogP contribution in [0.2, 0.25) is 0 Å². The third-order valence-electron chi connectivity index (χ3n) is 0.868. The van der Waals surface area contributed by atoms with Crippen LogP contribution in [0.25, 0.3) is 0 Å². The van der Waals surface area contributed by atoms with E-state index in [1.807, 2.05) is 0 Å². The molecule has 0 nitrogen and oxygen atoms in total. The van der Waals surface area contributed by atoms with Crippen LogP contribution in [0.1, 0.15) is 27.2 Å². The first-order valence-corrected chi connectivity index (χ1v) is 3.27. The molecule has 0 aliphatic heterocycles. The molecule has 0 bridgehead atoms. The maximum absolute atomic E-state index is 2.20. The molecule has 0 heterocycles. The Balaban J connectivity index is 3.03. The topological polar surface area (TPSA) is 0 Å². The molecule has 8 heavy (non-hydrogen) atoms. The Morgan fingerprint density at radius 3 is 2.50 bits per heavy atom. The van der Waals surface area contributed by atoms with Gasteiger partial charge in [-0.05, 0) is 0 Å². The van der Waals surface area contributed by atoms with Gasteiger partial charge in [-0.3, -0.25) is 0 Å². The first-order chi connectivity index (χ1) is 3.77. The SMILES string of the molecule is CCC=C[CH-]C(C)C. The second-order valence-electron chi connectivity index (χ2n) is 2.27. The van der Waals surface area contributed by atoms with Gasteiger partial charge in [0.15, 0.2) is 0 Å². The predicted octanol–water partition coefficient (Wildman–Crippen LogP) is 2.81. The van der Waals surface area contributed by atoms with Crippen molar-refractivity contribution in [3.05, 3.63) is 18.6 Å². The first-order valence-electron chi connectivity index (χ1n) is 3.27. The molecule has 0 saturated heterocycles. The van der Waals surface area contributed by atoms with E-state index in [0.717, 1.165) is 6.42 Å². The van der Waals surface area contributed by atoms with Gasteiger partial charge in [-0.15, -0.1) is 6.42 Å². The average molecular weight is 111 g/mol. The number of rotatable bonds is 3. The van der Waals surface area contributed by atoms with Crippen molar-refractivity contribution in [2.45, 2.75) is 27.2 Å². The zero-order valence-electron chi connectivity index (χ0n) is 6.02. The highest BCUT2D eigenvalue weighted by Gasteiger charge is 1.75. The summed E-state index contributed by atoms with van der Waals surface area (Å²) in [5, 5.41) is 0. The number of hydrogen-bond donors (Lipinski definition) is 0. The molecule has 0 aliphatic rings. The number of hydrogen-bond acceptors (Lipinski definition) is 0. The van der Waals surface area contributed by atoms with Crippen LogP contribution in [0.4, 0.5) is 0 Å². The summed E-state index contributed by atoms with van der Waals surface area (Å²) in [6.07, 6.45) is 7.64. The first kappa shape index (κ1) is 7.61. The van der Waals surface area contributed by atoms with E-state index in [4.69, 9.17) is 0 Å². The third kappa shape index (κ3) is 5.61. The van der Waals surface area contributed by atoms with Crippen molar-refractivity contribution < 1.29 is 0 Å². The van der Waals surface area contributed by atoms with Gasteiger partial charge in [0.25, 0.3) is 0 Å². The molecule has 0 unspecified atom stereocenters. The summed E-state index contributed by atoms with van der Waals surface area (Å²) in [4.78, 5) is 0. The Morgan fingerprint density at radius 2 is 2.12 bits per heavy atom. The second kappa shape index (κ2) is 4.76. The quantitative estimate of drug-likeness (QED) is 0.491. The van der Waals surface area contributed by atoms with Gasteiger partial charge in [0.1, 0.15) is 0 Å². The highest BCUT2D eigenvalue weighted by atomic mass is 13.9. The minimum absolute atomic E-state index is 0.692. The van der Waals surface area contributed by atoms with Gasteiger partial charge < -0.3 is 0 Å². The van der Waals surface area contributed by atoms with Crippen molar-refractivity contribution in [2.75, 3.05) is 0 Å². The van der Waals surface area contributed by atoms with Crippen molar-refractivity contribution in [2.24, 2.45) is 5.92 Å². The smallest absolute Gasteiger partial charge is 0.0747 e. The van der Waals surface area contributed by atoms with E-state index >= 15 is 0 Å². The molecule has 0 radical (unpaired) electrons. The maximum atomic E-state index is 2.20. The van der Waals surface area contributed by atoms with Crippen LogP contribution in [0.15, 0.2) is 12.2 Å². The van der Waals surface area contributed by atoms with E-state index in [9.17, 15) is 0 Å². The fourth-order valence-corrected chi connectivity index (χ4v) is 0.437. The molecule has 0 heteroatoms. The fourth-order valence-electron chi connectivity index (χ4n) is 0.437. The van der Waals surface area contributed by atoms with Crippen LogP contribution in [-0.2, 0) is 0 Å². The monoisotopic (exact) mass is 111 g/mol. The predicted molar refractivity (Wildman–Crippen MR) is 38.6 cm³/mol. The molecule has 0 saturated carbocycles. The van der Waals surface area contributed by atoms with Crippen LogP contribution >= 0.6 is 0 Å². The third-order valence-corrected chi connectivity index (χ3v) is 0.868. The molecule has 0 N–H and O–H groups in total. The maximum Gasteiger partial charge on any atom is -0.0747 e. The van der Waals surface area contributed by atoms with Crippen LogP contribution in [-0.4, -0.2) is 0 Å². The minimum Gasteiger partial charge on any atom is -0.232 e. The molecular weight excluding hydrogens is 96.1 g/mol. The van der Waals surface area contributed by atoms with Crippen LogP contribution in [0.5, 0.6) is 0 Å². The normalized spacial score (nSPS) is 11.0. The molecule has 0 rings (SSSR count). The van der Waals surface area contributed by atoms with Gasteiger partial charge in [-0.1, -0.05) is 26.7 Å². The van der Waals surface area contributed by atoms with Gasteiger partial charge in [0, 0.05) is 0 Å². The summed E-state index contributed by atoms with van der Waals surface area (Å²) in [5.74, 6) is 0.692. The fraction of sp³-hybridized carbons (Fsp3) is 0.625. The lowest BCUT2D eigenvalue weighted by Gasteiger charge is -2.04. The van der Waals surface area contributed by atoms with Crippen LogP contribution in [0, 0.1) is 12.3 Å². The average Bonchev–Trinajstić information content (AvgIpc) is 1.66. The molecule has 0 atom stereocenters. The molecule has 0 amide bonds. The zero-order chi connectivity index (χ0) is 6.41. The van der Waals surface area contributed by atoms with Crippen molar-refractivity contribution in [1.29, 1.82) is 0 Å². The van der Waals surface area contributed by atoms with Crippen LogP contribution < -0.4 is 0 Å². The highest BCUT2D eigenvalue weighted by molar-refractivity contribution is 4.95. The van der Waals surface area contributed by atoms with Gasteiger partial charge in [0.05, 0.1) is 0 Å². The van der Waals surface area contributed by atoms with E-state index in [2.05, 4.69) is 39.3 Å². The molecule has 0 spiro atoms. The minimum atomic E-state index is 0.692. The molecule has 0 aromatic rings. The number of allylic oxidation sites excluding steroid dienone is 2. The van der Waals surface area contributed by atoms with E-state index in [0.29, 0.717) is 5.92 Å². The Labute approximate surface area is 52.6 Å². The van der Waals surface area contributed by atoms with E-state index in [1.54, 1.807) is 0 Å². The molecule has 0 aliphatic carbocycles. The van der Waals surface area contributed by atoms with Crippen LogP contribution in [0.3, 0.4) is 0 Å². The van der Waals surface area contributed by atoms with Crippen molar-refractivity contribution in [1.82, 2.24) is 0 Å². The summed E-state index contributed by atoms with van der Waals surface area (Å²) in [6.45, 7) is 6.50. The highest BCUT2D eigenvalue weighted by Crippen LogP contribution is 1.98. The lowest BCUT2D eigenvalue weighted by Crippen LogP contribution is -1.81. The van der Waals surface area contributed by atoms with Crippen molar-refractivity contribution >= 4 is 0 Å². The standard InChI is InChI=1S/C8H15/c1-4-5-6-7-8(2)3/h5-8H,4H2,1-3H3/q-1. The molecule has 0 fully saturated rings. The van der Waals surface area contributed by atoms with E-state index < -0.39 is 0 Å². The van der Waals surface area contributed by atoms with Gasteiger partial charge in [-0.2, -0.15) is 0 Å². The Bertz CT molecular complexity index is 60.4. The summed E-state index contributed by atoms with van der Waals surface area (Å²) in [7, 11) is 0. The van der Waals surface area contributed by atoms with E-state index in [-0.39, 0.29) is 0 Å². The van der Waals surface area contributed by atoms with Gasteiger partial charge in [0.2, 0.25) is 0 Å². The molecular formula is C8H15-. The summed E-state index contributed by atoms with van der Waals surface area (Å²) < 4.78 is 0. The van der Waals surface area contributed by atoms with Gasteiger partial charge in [-0.25, -0.2) is 18.6 Å². The second-order valence-corrected chi connectivity index (χ2v) is 2.27. The lowest BCUT2D eigenvalue weighted by atomic mass is 10.1. The lowest BCUT2D eigenvalue weighted by molar-refractivity contribution is 0.784. The summed E-state index contributed by atoms with van der Waals surface area (Å²) >= 11 is 0. The van der Waals surface area contributed by atoms with Gasteiger partial charge >= 0.3 is 0 Å². The zero-order valence-corrected chi connectivity index (χ0v) is 6.02. The molecule has 0 aromatic carbocycles. The largest absolute Gasteiger partial charge is 0.232 e. The van der Waals surface area contributed by atoms with Crippen molar-refractivity contribution in [3.8, 4) is 0 Å². The molecule has 0 aromatic heterocycles. The van der Waals surface area contributed by atoms with Crippen molar-refractivity contribution in [3.63, 3.8) is 0 Å². The summed E-state index contributed by atoms with van der Waals surface area (Å²) in [5.41, 5.74) is 0. The Kier molecular flexibility index (Phi) is 4.53. The van der Waals surface area contributed by atoms with E-state index in [1.165, 1.54) is 0 Å². The Hall–Kier alpha value is -0.390. The summed E-state index contributed by atoms with van der Waals surface area (Å²) in [6, 6.07) is 0. The molecule has 48 valence electrons.